The Morgan fingerprint density at radius 3 is 2.85 bits per heavy atom. The smallest absolute Gasteiger partial charge is 0.224 e. The van der Waals surface area contributed by atoms with Gasteiger partial charge in [-0.05, 0) is 41.5 Å². The van der Waals surface area contributed by atoms with E-state index in [1.54, 1.807) is 0 Å². The molecule has 20 heavy (non-hydrogen) atoms. The van der Waals surface area contributed by atoms with Crippen LogP contribution in [0.25, 0.3) is 12.3 Å². The van der Waals surface area contributed by atoms with Gasteiger partial charge in [0.05, 0.1) is 0 Å². The Labute approximate surface area is 123 Å². The number of carbonyl (C=O) groups is 1. The van der Waals surface area contributed by atoms with Gasteiger partial charge in [0, 0.05) is 22.3 Å². The van der Waals surface area contributed by atoms with Crippen LogP contribution in [-0.2, 0) is 4.79 Å². The molecule has 0 aromatic heterocycles. The number of carbonyl (C=O) groups excluding carboxylic acids is 1. The fourth-order valence-electron chi connectivity index (χ4n) is 2.28. The first-order chi connectivity index (χ1) is 9.61. The zero-order chi connectivity index (χ0) is 14.1. The summed E-state index contributed by atoms with van der Waals surface area (Å²) in [5.41, 5.74) is 0. The predicted molar refractivity (Wildman–Crippen MR) is 83.4 cm³/mol. The second-order valence-electron chi connectivity index (χ2n) is 5.70. The Morgan fingerprint density at radius 1 is 1.35 bits per heavy atom. The number of hydrogen-bond donors (Lipinski definition) is 2. The molecule has 0 radical (unpaired) electrons. The van der Waals surface area contributed by atoms with Gasteiger partial charge in [0.2, 0.25) is 5.91 Å². The van der Waals surface area contributed by atoms with Crippen molar-refractivity contribution in [2.45, 2.75) is 43.0 Å². The Kier molecular flexibility index (Phi) is 3.74. The highest BCUT2D eigenvalue weighted by molar-refractivity contribution is 7.99. The third-order valence-corrected chi connectivity index (χ3v) is 4.44. The van der Waals surface area contributed by atoms with Crippen LogP contribution in [0.4, 0.5) is 0 Å². The minimum Gasteiger partial charge on any atom is -0.368 e. The number of rotatable bonds is 4. The minimum absolute atomic E-state index is 0.0841. The molecule has 0 bridgehead atoms. The van der Waals surface area contributed by atoms with E-state index >= 15 is 0 Å². The standard InChI is InChI=1S/C16H20N2OS/c1-10(2)20-14-6-5-12-8-15(17-9-13(12)7-14)18-16(19)11-3-4-11/h5-11,15,17H,3-4H2,1-2H3,(H,18,19). The van der Waals surface area contributed by atoms with Crippen molar-refractivity contribution in [2.75, 3.05) is 0 Å². The van der Waals surface area contributed by atoms with Crippen molar-refractivity contribution in [3.63, 3.8) is 0 Å². The molecule has 1 aromatic carbocycles. The van der Waals surface area contributed by atoms with E-state index in [4.69, 9.17) is 0 Å². The molecule has 4 heteroatoms. The maximum Gasteiger partial charge on any atom is 0.224 e. The molecule has 2 aliphatic rings. The summed E-state index contributed by atoms with van der Waals surface area (Å²) in [6, 6.07) is 6.48. The van der Waals surface area contributed by atoms with Gasteiger partial charge in [0.25, 0.3) is 0 Å². The summed E-state index contributed by atoms with van der Waals surface area (Å²) >= 11 is 1.86. The summed E-state index contributed by atoms with van der Waals surface area (Å²) in [5.74, 6) is 0.416. The van der Waals surface area contributed by atoms with E-state index in [0.717, 1.165) is 12.8 Å². The van der Waals surface area contributed by atoms with Crippen LogP contribution in [0.15, 0.2) is 23.1 Å². The lowest BCUT2D eigenvalue weighted by atomic mass is 10.2. The molecule has 0 saturated heterocycles. The maximum atomic E-state index is 11.8. The number of amides is 1. The fraction of sp³-hybridized carbons (Fsp3) is 0.438. The Bertz CT molecular complexity index is 634. The van der Waals surface area contributed by atoms with Crippen LogP contribution < -0.4 is 21.1 Å². The molecule has 1 unspecified atom stereocenters. The van der Waals surface area contributed by atoms with Crippen LogP contribution in [-0.4, -0.2) is 17.3 Å². The van der Waals surface area contributed by atoms with Crippen molar-refractivity contribution in [2.24, 2.45) is 5.92 Å². The second kappa shape index (κ2) is 5.52. The van der Waals surface area contributed by atoms with Gasteiger partial charge in [-0.15, -0.1) is 11.8 Å². The molecule has 1 saturated carbocycles. The van der Waals surface area contributed by atoms with Gasteiger partial charge >= 0.3 is 0 Å². The van der Waals surface area contributed by atoms with Gasteiger partial charge in [-0.1, -0.05) is 19.9 Å². The Balaban J connectivity index is 1.76. The molecule has 1 heterocycles. The van der Waals surface area contributed by atoms with E-state index in [2.05, 4.69) is 48.8 Å². The maximum absolute atomic E-state index is 11.8. The number of benzene rings is 1. The first-order valence-corrected chi connectivity index (χ1v) is 8.05. The van der Waals surface area contributed by atoms with Gasteiger partial charge in [-0.3, -0.25) is 4.79 Å². The molecule has 1 aliphatic carbocycles. The largest absolute Gasteiger partial charge is 0.368 e. The van der Waals surface area contributed by atoms with E-state index in [9.17, 15) is 4.79 Å². The highest BCUT2D eigenvalue weighted by Gasteiger charge is 2.30. The van der Waals surface area contributed by atoms with Crippen molar-refractivity contribution in [1.29, 1.82) is 0 Å². The van der Waals surface area contributed by atoms with Gasteiger partial charge in [0.15, 0.2) is 0 Å². The first kappa shape index (κ1) is 13.6. The highest BCUT2D eigenvalue weighted by atomic mass is 32.2. The topological polar surface area (TPSA) is 41.1 Å². The summed E-state index contributed by atoms with van der Waals surface area (Å²) < 4.78 is 0. The number of fused-ring (bicyclic) bond motifs is 1. The lowest BCUT2D eigenvalue weighted by Crippen LogP contribution is -2.48. The summed E-state index contributed by atoms with van der Waals surface area (Å²) in [4.78, 5) is 13.1. The summed E-state index contributed by atoms with van der Waals surface area (Å²) in [7, 11) is 0. The quantitative estimate of drug-likeness (QED) is 0.817. The van der Waals surface area contributed by atoms with E-state index in [1.165, 1.54) is 15.3 Å². The van der Waals surface area contributed by atoms with Crippen LogP contribution in [0.2, 0.25) is 0 Å². The van der Waals surface area contributed by atoms with Gasteiger partial charge < -0.3 is 10.6 Å². The van der Waals surface area contributed by atoms with E-state index in [0.29, 0.717) is 5.25 Å². The van der Waals surface area contributed by atoms with Gasteiger partial charge in [-0.25, -0.2) is 0 Å². The van der Waals surface area contributed by atoms with E-state index in [1.807, 2.05) is 18.0 Å². The molecule has 1 amide bonds. The molecule has 1 fully saturated rings. The van der Waals surface area contributed by atoms with Crippen molar-refractivity contribution >= 4 is 29.9 Å². The zero-order valence-electron chi connectivity index (χ0n) is 11.8. The molecule has 106 valence electrons. The molecule has 1 aromatic rings. The molecule has 2 N–H and O–H groups in total. The summed E-state index contributed by atoms with van der Waals surface area (Å²) in [5, 5.41) is 9.22. The lowest BCUT2D eigenvalue weighted by Gasteiger charge is -2.18. The molecule has 1 atom stereocenters. The number of thioether (sulfide) groups is 1. The predicted octanol–water partition coefficient (Wildman–Crippen LogP) is 1.16. The lowest BCUT2D eigenvalue weighted by molar-refractivity contribution is -0.122. The van der Waals surface area contributed by atoms with Crippen LogP contribution in [0, 0.1) is 5.92 Å². The van der Waals surface area contributed by atoms with Gasteiger partial charge in [-0.2, -0.15) is 0 Å². The third-order valence-electron chi connectivity index (χ3n) is 3.44. The van der Waals surface area contributed by atoms with Crippen molar-refractivity contribution in [1.82, 2.24) is 10.6 Å². The molecular weight excluding hydrogens is 268 g/mol. The van der Waals surface area contributed by atoms with Crippen molar-refractivity contribution in [3.05, 3.63) is 28.6 Å². The van der Waals surface area contributed by atoms with Crippen LogP contribution in [0.5, 0.6) is 0 Å². The Morgan fingerprint density at radius 2 is 2.15 bits per heavy atom. The summed E-state index contributed by atoms with van der Waals surface area (Å²) in [6.07, 6.45) is 6.07. The number of nitrogens with one attached hydrogen (secondary N) is 2. The van der Waals surface area contributed by atoms with E-state index < -0.39 is 0 Å². The molecule has 3 nitrogen and oxygen atoms in total. The highest BCUT2D eigenvalue weighted by Crippen LogP contribution is 2.28. The zero-order valence-corrected chi connectivity index (χ0v) is 12.7. The van der Waals surface area contributed by atoms with Crippen molar-refractivity contribution in [3.8, 4) is 0 Å². The molecule has 0 spiro atoms. The number of hydrogen-bond acceptors (Lipinski definition) is 3. The summed E-state index contributed by atoms with van der Waals surface area (Å²) in [6.45, 7) is 4.39. The third kappa shape index (κ3) is 3.18. The van der Waals surface area contributed by atoms with Crippen molar-refractivity contribution < 1.29 is 4.79 Å². The van der Waals surface area contributed by atoms with Crippen LogP contribution >= 0.6 is 11.8 Å². The average molecular weight is 288 g/mol. The SMILES string of the molecule is CC(C)Sc1ccc2c(c1)=CNC(NC(=O)C1CC1)C=2. The van der Waals surface area contributed by atoms with Gasteiger partial charge in [0.1, 0.15) is 6.17 Å². The molecule has 1 aliphatic heterocycles. The molecule has 3 rings (SSSR count). The monoisotopic (exact) mass is 288 g/mol. The normalized spacial score (nSPS) is 20.4. The average Bonchev–Trinajstić information content (AvgIpc) is 3.22. The fourth-order valence-corrected chi connectivity index (χ4v) is 3.17. The Hall–Kier alpha value is -1.42. The van der Waals surface area contributed by atoms with Crippen LogP contribution in [0.3, 0.4) is 0 Å². The van der Waals surface area contributed by atoms with E-state index in [-0.39, 0.29) is 18.0 Å². The van der Waals surface area contributed by atoms with Crippen LogP contribution in [0.1, 0.15) is 26.7 Å². The first-order valence-electron chi connectivity index (χ1n) is 7.17. The minimum atomic E-state index is -0.0841. The molecular formula is C16H20N2OS. The second-order valence-corrected chi connectivity index (χ2v) is 7.35.